The number of halogens is 1. The molecular formula is C23H26ClN3O2S. The number of thiazole rings is 1. The molecule has 0 saturated heterocycles. The van der Waals surface area contributed by atoms with E-state index >= 15 is 0 Å². The van der Waals surface area contributed by atoms with Crippen molar-refractivity contribution in [3.8, 4) is 0 Å². The summed E-state index contributed by atoms with van der Waals surface area (Å²) >= 11 is 7.39. The van der Waals surface area contributed by atoms with Crippen molar-refractivity contribution in [1.82, 2.24) is 10.3 Å². The zero-order valence-electron chi connectivity index (χ0n) is 16.6. The van der Waals surface area contributed by atoms with Crippen molar-refractivity contribution in [2.24, 2.45) is 0 Å². The van der Waals surface area contributed by atoms with Gasteiger partial charge in [-0.1, -0.05) is 54.8 Å². The van der Waals surface area contributed by atoms with Gasteiger partial charge in [-0.05, 0) is 42.7 Å². The minimum Gasteiger partial charge on any atom is -0.373 e. The van der Waals surface area contributed by atoms with Gasteiger partial charge < -0.3 is 15.2 Å². The van der Waals surface area contributed by atoms with Crippen molar-refractivity contribution >= 4 is 33.8 Å². The van der Waals surface area contributed by atoms with E-state index in [0.717, 1.165) is 36.5 Å². The van der Waals surface area contributed by atoms with E-state index in [-0.39, 0.29) is 12.1 Å². The number of benzene rings is 2. The normalized spacial score (nSPS) is 20.1. The fourth-order valence-electron chi connectivity index (χ4n) is 3.68. The van der Waals surface area contributed by atoms with E-state index in [4.69, 9.17) is 16.3 Å². The molecule has 30 heavy (non-hydrogen) atoms. The smallest absolute Gasteiger partial charge is 0.187 e. The number of nitrogens with one attached hydrogen (secondary N) is 2. The van der Waals surface area contributed by atoms with Gasteiger partial charge in [0.1, 0.15) is 6.23 Å². The van der Waals surface area contributed by atoms with Gasteiger partial charge in [0.2, 0.25) is 0 Å². The topological polar surface area (TPSA) is 66.4 Å². The van der Waals surface area contributed by atoms with E-state index in [9.17, 15) is 5.11 Å². The summed E-state index contributed by atoms with van der Waals surface area (Å²) in [5, 5.41) is 20.6. The van der Waals surface area contributed by atoms with Gasteiger partial charge in [-0.25, -0.2) is 4.98 Å². The molecule has 1 aliphatic rings. The van der Waals surface area contributed by atoms with Gasteiger partial charge >= 0.3 is 0 Å². The van der Waals surface area contributed by atoms with Gasteiger partial charge in [0.15, 0.2) is 5.13 Å². The van der Waals surface area contributed by atoms with Crippen LogP contribution in [0.15, 0.2) is 60.0 Å². The Hall–Kier alpha value is -1.96. The lowest BCUT2D eigenvalue weighted by Crippen LogP contribution is -2.45. The molecule has 0 radical (unpaired) electrons. The van der Waals surface area contributed by atoms with Crippen LogP contribution in [0.3, 0.4) is 0 Å². The Morgan fingerprint density at radius 2 is 1.87 bits per heavy atom. The van der Waals surface area contributed by atoms with Crippen LogP contribution >= 0.6 is 22.9 Å². The number of nitrogens with zero attached hydrogens (tertiary/aromatic N) is 1. The summed E-state index contributed by atoms with van der Waals surface area (Å²) < 4.78 is 6.20. The van der Waals surface area contributed by atoms with Crippen molar-refractivity contribution in [2.45, 2.75) is 50.7 Å². The molecule has 0 amide bonds. The molecule has 1 saturated carbocycles. The molecule has 0 bridgehead atoms. The number of ether oxygens (including phenoxy) is 1. The van der Waals surface area contributed by atoms with Crippen LogP contribution in [0.4, 0.5) is 10.8 Å². The van der Waals surface area contributed by atoms with E-state index in [1.54, 1.807) is 0 Å². The average Bonchev–Trinajstić information content (AvgIpc) is 3.24. The molecule has 3 aromatic rings. The second-order valence-corrected chi connectivity index (χ2v) is 8.80. The van der Waals surface area contributed by atoms with Gasteiger partial charge in [0.25, 0.3) is 0 Å². The zero-order valence-corrected chi connectivity index (χ0v) is 18.2. The second kappa shape index (κ2) is 10.4. The highest BCUT2D eigenvalue weighted by Gasteiger charge is 2.28. The maximum absolute atomic E-state index is 10.7. The molecule has 7 heteroatoms. The Kier molecular flexibility index (Phi) is 7.36. The molecule has 5 nitrogen and oxygen atoms in total. The van der Waals surface area contributed by atoms with E-state index < -0.39 is 6.23 Å². The molecule has 0 spiro atoms. The van der Waals surface area contributed by atoms with Crippen LogP contribution in [-0.2, 0) is 11.3 Å². The van der Waals surface area contributed by atoms with E-state index in [1.807, 2.05) is 47.8 Å². The van der Waals surface area contributed by atoms with E-state index in [2.05, 4.69) is 27.8 Å². The highest BCUT2D eigenvalue weighted by Crippen LogP contribution is 2.27. The maximum atomic E-state index is 10.7. The molecule has 3 atom stereocenters. The van der Waals surface area contributed by atoms with E-state index in [1.165, 1.54) is 16.9 Å². The van der Waals surface area contributed by atoms with Gasteiger partial charge in [0.05, 0.1) is 18.4 Å². The summed E-state index contributed by atoms with van der Waals surface area (Å²) in [6.45, 7) is 0.589. The minimum absolute atomic E-state index is 0.0823. The Balaban J connectivity index is 1.34. The standard InChI is InChI=1S/C23H26ClN3O2S/c24-17-10-12-18(13-11-17)25-23-27-20(15-30-23)22(28)26-19-8-4-5-9-21(19)29-14-16-6-2-1-3-7-16/h1-3,6-7,10-13,15,19,21-22,26,28H,4-5,8-9,14H2,(H,25,27)/t19-,21-,22?/m0/s1. The Labute approximate surface area is 186 Å². The quantitative estimate of drug-likeness (QED) is 0.392. The van der Waals surface area contributed by atoms with Gasteiger partial charge in [-0.15, -0.1) is 11.3 Å². The van der Waals surface area contributed by atoms with Crippen molar-refractivity contribution in [3.63, 3.8) is 0 Å². The summed E-state index contributed by atoms with van der Waals surface area (Å²) in [5.74, 6) is 0. The Bertz CT molecular complexity index is 920. The van der Waals surface area contributed by atoms with Crippen LogP contribution in [-0.4, -0.2) is 22.2 Å². The zero-order chi connectivity index (χ0) is 20.8. The minimum atomic E-state index is -0.826. The molecule has 1 heterocycles. The summed E-state index contributed by atoms with van der Waals surface area (Å²) in [6.07, 6.45) is 3.52. The van der Waals surface area contributed by atoms with Crippen LogP contribution in [0.5, 0.6) is 0 Å². The van der Waals surface area contributed by atoms with Gasteiger partial charge in [-0.2, -0.15) is 0 Å². The average molecular weight is 444 g/mol. The molecule has 158 valence electrons. The summed E-state index contributed by atoms with van der Waals surface area (Å²) in [6, 6.07) is 17.8. The largest absolute Gasteiger partial charge is 0.373 e. The van der Waals surface area contributed by atoms with Crippen molar-refractivity contribution in [2.75, 3.05) is 5.32 Å². The molecule has 3 N–H and O–H groups in total. The number of rotatable bonds is 8. The SMILES string of the molecule is OC(N[C@H]1CCCC[C@@H]1OCc1ccccc1)c1csc(Nc2ccc(Cl)cc2)n1. The number of anilines is 2. The predicted molar refractivity (Wildman–Crippen MR) is 122 cm³/mol. The molecule has 4 rings (SSSR count). The molecule has 1 aliphatic carbocycles. The third-order valence-corrected chi connectivity index (χ3v) is 6.31. The number of aliphatic hydroxyl groups excluding tert-OH is 1. The predicted octanol–water partition coefficient (Wildman–Crippen LogP) is 5.65. The number of aromatic nitrogens is 1. The lowest BCUT2D eigenvalue weighted by Gasteiger charge is -2.33. The molecule has 1 fully saturated rings. The second-order valence-electron chi connectivity index (χ2n) is 7.50. The maximum Gasteiger partial charge on any atom is 0.187 e. The Morgan fingerprint density at radius 1 is 1.10 bits per heavy atom. The van der Waals surface area contributed by atoms with E-state index in [0.29, 0.717) is 17.3 Å². The molecule has 1 unspecified atom stereocenters. The van der Waals surface area contributed by atoms with Crippen molar-refractivity contribution < 1.29 is 9.84 Å². The fourth-order valence-corrected chi connectivity index (χ4v) is 4.55. The third-order valence-electron chi connectivity index (χ3n) is 5.28. The monoisotopic (exact) mass is 443 g/mol. The van der Waals surface area contributed by atoms with Crippen LogP contribution in [0.2, 0.25) is 5.02 Å². The van der Waals surface area contributed by atoms with Crippen molar-refractivity contribution in [3.05, 3.63) is 76.3 Å². The van der Waals surface area contributed by atoms with Crippen LogP contribution < -0.4 is 10.6 Å². The molecular weight excluding hydrogens is 418 g/mol. The summed E-state index contributed by atoms with van der Waals surface area (Å²) in [4.78, 5) is 4.53. The number of aliphatic hydroxyl groups is 1. The lowest BCUT2D eigenvalue weighted by molar-refractivity contribution is -0.0233. The molecule has 2 aromatic carbocycles. The number of hydrogen-bond donors (Lipinski definition) is 3. The highest BCUT2D eigenvalue weighted by molar-refractivity contribution is 7.13. The number of hydrogen-bond acceptors (Lipinski definition) is 6. The van der Waals surface area contributed by atoms with Gasteiger partial charge in [-0.3, -0.25) is 5.32 Å². The Morgan fingerprint density at radius 3 is 2.67 bits per heavy atom. The first-order valence-electron chi connectivity index (χ1n) is 10.2. The molecule has 0 aliphatic heterocycles. The molecule has 1 aromatic heterocycles. The lowest BCUT2D eigenvalue weighted by atomic mass is 9.92. The highest BCUT2D eigenvalue weighted by atomic mass is 35.5. The van der Waals surface area contributed by atoms with Gasteiger partial charge in [0, 0.05) is 22.1 Å². The first-order chi connectivity index (χ1) is 14.7. The first kappa shape index (κ1) is 21.3. The fraction of sp³-hybridized carbons (Fsp3) is 0.348. The van der Waals surface area contributed by atoms with Crippen LogP contribution in [0, 0.1) is 0 Å². The summed E-state index contributed by atoms with van der Waals surface area (Å²) in [7, 11) is 0. The summed E-state index contributed by atoms with van der Waals surface area (Å²) in [5.41, 5.74) is 2.69. The van der Waals surface area contributed by atoms with Crippen LogP contribution in [0.25, 0.3) is 0 Å². The van der Waals surface area contributed by atoms with Crippen molar-refractivity contribution in [1.29, 1.82) is 0 Å². The van der Waals surface area contributed by atoms with Crippen LogP contribution in [0.1, 0.15) is 43.2 Å². The first-order valence-corrected chi connectivity index (χ1v) is 11.5. The third kappa shape index (κ3) is 5.80.